The summed E-state index contributed by atoms with van der Waals surface area (Å²) in [6.07, 6.45) is 0.0191. The molecule has 3 amide bonds. The van der Waals surface area contributed by atoms with Crippen molar-refractivity contribution in [3.63, 3.8) is 0 Å². The Balaban J connectivity index is 1.87. The zero-order valence-corrected chi connectivity index (χ0v) is 22.6. The van der Waals surface area contributed by atoms with E-state index in [9.17, 15) is 19.2 Å². The highest BCUT2D eigenvalue weighted by Crippen LogP contribution is 2.09. The van der Waals surface area contributed by atoms with Crippen LogP contribution in [0, 0.1) is 11.8 Å². The van der Waals surface area contributed by atoms with Crippen LogP contribution in [-0.2, 0) is 37.1 Å². The predicted molar refractivity (Wildman–Crippen MR) is 144 cm³/mol. The minimum atomic E-state index is -0.881. The van der Waals surface area contributed by atoms with E-state index in [-0.39, 0.29) is 31.6 Å². The van der Waals surface area contributed by atoms with E-state index in [1.54, 1.807) is 0 Å². The second-order valence-corrected chi connectivity index (χ2v) is 9.95. The molecule has 206 valence electrons. The molecule has 0 aromatic heterocycles. The smallest absolute Gasteiger partial charge is 0.408 e. The lowest BCUT2D eigenvalue weighted by Gasteiger charge is -2.21. The van der Waals surface area contributed by atoms with E-state index in [1.165, 1.54) is 0 Å². The molecule has 0 aliphatic heterocycles. The fourth-order valence-electron chi connectivity index (χ4n) is 3.66. The van der Waals surface area contributed by atoms with Crippen molar-refractivity contribution in [3.8, 4) is 0 Å². The number of esters is 1. The summed E-state index contributed by atoms with van der Waals surface area (Å²) >= 11 is 0. The zero-order valence-electron chi connectivity index (χ0n) is 22.6. The average Bonchev–Trinajstić information content (AvgIpc) is 2.89. The third-order valence-electron chi connectivity index (χ3n) is 5.50. The molecule has 0 saturated heterocycles. The highest BCUT2D eigenvalue weighted by atomic mass is 16.5. The van der Waals surface area contributed by atoms with E-state index in [0.29, 0.717) is 12.8 Å². The first-order chi connectivity index (χ1) is 18.1. The number of carbonyl (C=O) groups excluding carboxylic acids is 4. The lowest BCUT2D eigenvalue weighted by molar-refractivity contribution is -0.149. The van der Waals surface area contributed by atoms with Crippen molar-refractivity contribution < 1.29 is 28.7 Å². The molecule has 0 aliphatic rings. The number of benzene rings is 2. The fraction of sp³-hybridized carbons (Fsp3) is 0.448. The molecule has 0 heterocycles. The Kier molecular flexibility index (Phi) is 12.8. The SMILES string of the molecule is CC(C)C[C@H](NC(=O)OCc1ccccc1)C(=O)NCC(=O)N[C@@H](CC(C)C)C(=O)OCc1ccccc1. The average molecular weight is 526 g/mol. The van der Waals surface area contributed by atoms with E-state index in [2.05, 4.69) is 16.0 Å². The molecule has 2 aromatic carbocycles. The molecule has 0 spiro atoms. The summed E-state index contributed by atoms with van der Waals surface area (Å²) in [7, 11) is 0. The maximum Gasteiger partial charge on any atom is 0.408 e. The minimum absolute atomic E-state index is 0.0721. The van der Waals surface area contributed by atoms with Crippen molar-refractivity contribution in [2.24, 2.45) is 11.8 Å². The van der Waals surface area contributed by atoms with Gasteiger partial charge in [-0.25, -0.2) is 9.59 Å². The summed E-state index contributed by atoms with van der Waals surface area (Å²) in [6.45, 7) is 7.53. The van der Waals surface area contributed by atoms with Crippen LogP contribution in [0.15, 0.2) is 60.7 Å². The molecule has 2 atom stereocenters. The number of hydrogen-bond donors (Lipinski definition) is 3. The van der Waals surface area contributed by atoms with Gasteiger partial charge in [0.2, 0.25) is 11.8 Å². The van der Waals surface area contributed by atoms with E-state index in [4.69, 9.17) is 9.47 Å². The van der Waals surface area contributed by atoms with Gasteiger partial charge in [0.25, 0.3) is 0 Å². The van der Waals surface area contributed by atoms with Crippen LogP contribution in [0.25, 0.3) is 0 Å². The van der Waals surface area contributed by atoms with E-state index in [1.807, 2.05) is 88.4 Å². The molecule has 0 aliphatic carbocycles. The summed E-state index contributed by atoms with van der Waals surface area (Å²) in [5, 5.41) is 7.79. The zero-order chi connectivity index (χ0) is 27.9. The van der Waals surface area contributed by atoms with Gasteiger partial charge in [0.15, 0.2) is 0 Å². The van der Waals surface area contributed by atoms with E-state index < -0.39 is 36.0 Å². The second-order valence-electron chi connectivity index (χ2n) is 9.95. The molecule has 9 nitrogen and oxygen atoms in total. The number of alkyl carbamates (subject to hydrolysis) is 1. The topological polar surface area (TPSA) is 123 Å². The van der Waals surface area contributed by atoms with E-state index in [0.717, 1.165) is 11.1 Å². The van der Waals surface area contributed by atoms with E-state index >= 15 is 0 Å². The number of rotatable bonds is 14. The molecule has 0 fully saturated rings. The van der Waals surface area contributed by atoms with Gasteiger partial charge < -0.3 is 25.4 Å². The number of amides is 3. The third kappa shape index (κ3) is 11.9. The highest BCUT2D eigenvalue weighted by molar-refractivity contribution is 5.91. The molecule has 38 heavy (non-hydrogen) atoms. The van der Waals surface area contributed by atoms with Crippen LogP contribution in [0.4, 0.5) is 4.79 Å². The van der Waals surface area contributed by atoms with Gasteiger partial charge in [-0.3, -0.25) is 9.59 Å². The highest BCUT2D eigenvalue weighted by Gasteiger charge is 2.26. The largest absolute Gasteiger partial charge is 0.459 e. The third-order valence-corrected chi connectivity index (χ3v) is 5.50. The summed E-state index contributed by atoms with van der Waals surface area (Å²) in [6, 6.07) is 16.7. The number of carbonyl (C=O) groups is 4. The molecule has 0 saturated carbocycles. The monoisotopic (exact) mass is 525 g/mol. The van der Waals surface area contributed by atoms with Crippen LogP contribution in [0.1, 0.15) is 51.7 Å². The Morgan fingerprint density at radius 1 is 0.684 bits per heavy atom. The fourth-order valence-corrected chi connectivity index (χ4v) is 3.66. The van der Waals surface area contributed by atoms with Gasteiger partial charge in [-0.1, -0.05) is 88.4 Å². The van der Waals surface area contributed by atoms with Crippen LogP contribution in [0.5, 0.6) is 0 Å². The Bertz CT molecular complexity index is 1030. The van der Waals surface area contributed by atoms with Gasteiger partial charge in [-0.2, -0.15) is 0 Å². The van der Waals surface area contributed by atoms with Gasteiger partial charge in [-0.15, -0.1) is 0 Å². The van der Waals surface area contributed by atoms with Gasteiger partial charge >= 0.3 is 12.1 Å². The normalized spacial score (nSPS) is 12.4. The second kappa shape index (κ2) is 16.1. The Morgan fingerprint density at radius 2 is 1.18 bits per heavy atom. The molecule has 3 N–H and O–H groups in total. The first-order valence-corrected chi connectivity index (χ1v) is 12.9. The van der Waals surface area contributed by atoms with Crippen molar-refractivity contribution in [2.45, 2.75) is 65.8 Å². The Hall–Kier alpha value is -3.88. The molecule has 0 radical (unpaired) electrons. The van der Waals surface area contributed by atoms with Crippen LogP contribution >= 0.6 is 0 Å². The summed E-state index contributed by atoms with van der Waals surface area (Å²) in [4.78, 5) is 50.3. The molecule has 2 aromatic rings. The van der Waals surface area contributed by atoms with Gasteiger partial charge in [0, 0.05) is 0 Å². The van der Waals surface area contributed by atoms with Crippen molar-refractivity contribution in [2.75, 3.05) is 6.54 Å². The van der Waals surface area contributed by atoms with Crippen LogP contribution < -0.4 is 16.0 Å². The standard InChI is InChI=1S/C29H39N3O6/c1-20(2)15-24(32-29(36)38-19-23-13-9-6-10-14-23)27(34)30-17-26(33)31-25(16-21(3)4)28(35)37-18-22-11-7-5-8-12-22/h5-14,20-21,24-25H,15-19H2,1-4H3,(H,30,34)(H,31,33)(H,32,36)/t24-,25-/m0/s1. The van der Waals surface area contributed by atoms with Crippen molar-refractivity contribution >= 4 is 23.9 Å². The lowest BCUT2D eigenvalue weighted by atomic mass is 10.0. The molecular weight excluding hydrogens is 486 g/mol. The van der Waals surface area contributed by atoms with Crippen LogP contribution in [-0.4, -0.2) is 42.5 Å². The Labute approximate surface area is 224 Å². The van der Waals surface area contributed by atoms with Crippen molar-refractivity contribution in [1.29, 1.82) is 0 Å². The van der Waals surface area contributed by atoms with Gasteiger partial charge in [0.05, 0.1) is 6.54 Å². The maximum absolute atomic E-state index is 12.8. The molecular formula is C29H39N3O6. The molecule has 0 bridgehead atoms. The minimum Gasteiger partial charge on any atom is -0.459 e. The molecule has 9 heteroatoms. The Morgan fingerprint density at radius 3 is 1.71 bits per heavy atom. The summed E-state index contributed by atoms with van der Waals surface area (Å²) in [5.41, 5.74) is 1.66. The lowest BCUT2D eigenvalue weighted by Crippen LogP contribution is -2.51. The first kappa shape index (κ1) is 30.3. The number of ether oxygens (including phenoxy) is 2. The summed E-state index contributed by atoms with van der Waals surface area (Å²) < 4.78 is 10.6. The van der Waals surface area contributed by atoms with Crippen LogP contribution in [0.3, 0.4) is 0 Å². The quantitative estimate of drug-likeness (QED) is 0.323. The molecule has 0 unspecified atom stereocenters. The van der Waals surface area contributed by atoms with Gasteiger partial charge in [-0.05, 0) is 35.8 Å². The first-order valence-electron chi connectivity index (χ1n) is 12.9. The maximum atomic E-state index is 12.8. The predicted octanol–water partition coefficient (Wildman–Crippen LogP) is 3.72. The summed E-state index contributed by atoms with van der Waals surface area (Å²) in [5.74, 6) is -1.36. The van der Waals surface area contributed by atoms with Crippen molar-refractivity contribution in [1.82, 2.24) is 16.0 Å². The van der Waals surface area contributed by atoms with Gasteiger partial charge in [0.1, 0.15) is 25.3 Å². The number of nitrogens with one attached hydrogen (secondary N) is 3. The number of hydrogen-bond acceptors (Lipinski definition) is 6. The van der Waals surface area contributed by atoms with Crippen molar-refractivity contribution in [3.05, 3.63) is 71.8 Å². The van der Waals surface area contributed by atoms with Crippen LogP contribution in [0.2, 0.25) is 0 Å². The molecule has 2 rings (SSSR count).